The van der Waals surface area contributed by atoms with Crippen molar-refractivity contribution in [2.75, 3.05) is 21.3 Å². The molecule has 0 N–H and O–H groups in total. The number of para-hydroxylation sites is 1. The highest BCUT2D eigenvalue weighted by Crippen LogP contribution is 2.33. The summed E-state index contributed by atoms with van der Waals surface area (Å²) < 4.78 is 17.8. The van der Waals surface area contributed by atoms with E-state index < -0.39 is 15.9 Å². The molecule has 5 aromatic rings. The van der Waals surface area contributed by atoms with E-state index in [0.717, 1.165) is 31.6 Å². The van der Waals surface area contributed by atoms with Crippen LogP contribution >= 0.6 is 0 Å². The highest BCUT2D eigenvalue weighted by molar-refractivity contribution is 5.78. The number of nitro benzene ring substituents is 2. The highest BCUT2D eigenvalue weighted by Gasteiger charge is 2.25. The molecular formula is C41H47N7O9. The third-order valence-corrected chi connectivity index (χ3v) is 10.1. The Morgan fingerprint density at radius 2 is 1.25 bits per heavy atom. The Labute approximate surface area is 330 Å². The number of carbonyl (C=O) groups is 2. The van der Waals surface area contributed by atoms with Crippen LogP contribution in [-0.4, -0.2) is 73.3 Å². The Morgan fingerprint density at radius 1 is 0.754 bits per heavy atom. The second-order valence-corrected chi connectivity index (χ2v) is 13.7. The van der Waals surface area contributed by atoms with Gasteiger partial charge in [0.15, 0.2) is 11.5 Å². The Bertz CT molecular complexity index is 2140. The largest absolute Gasteiger partial charge is 0.490 e. The Balaban J connectivity index is 0.000000186. The average Bonchev–Trinajstić information content (AvgIpc) is 4.09. The molecule has 0 atom stereocenters. The molecule has 0 aliphatic heterocycles. The number of carbonyl (C=O) groups excluding carboxylic acids is 2. The number of methoxy groups -OCH3 is 2. The minimum atomic E-state index is -0.632. The zero-order valence-electron chi connectivity index (χ0n) is 32.5. The normalized spacial score (nSPS) is 13.8. The maximum Gasteiger partial charge on any atom is 0.424 e. The first-order valence-electron chi connectivity index (χ1n) is 18.8. The second-order valence-electron chi connectivity index (χ2n) is 13.7. The zero-order chi connectivity index (χ0) is 40.9. The molecule has 2 aromatic heterocycles. The maximum absolute atomic E-state index is 12.6. The van der Waals surface area contributed by atoms with Gasteiger partial charge in [-0.1, -0.05) is 70.1 Å². The molecule has 3 aromatic carbocycles. The fraction of sp³-hybridized carbons (Fsp3) is 0.366. The van der Waals surface area contributed by atoms with Crippen LogP contribution in [0.2, 0.25) is 0 Å². The van der Waals surface area contributed by atoms with Crippen molar-refractivity contribution >= 4 is 23.5 Å². The van der Waals surface area contributed by atoms with Crippen molar-refractivity contribution in [2.45, 2.75) is 70.8 Å². The monoisotopic (exact) mass is 781 g/mol. The fourth-order valence-electron chi connectivity index (χ4n) is 6.82. The van der Waals surface area contributed by atoms with Crippen LogP contribution in [0.1, 0.15) is 64.7 Å². The third-order valence-electron chi connectivity index (χ3n) is 10.1. The molecule has 1 amide bonds. The number of aromatic nitrogens is 4. The van der Waals surface area contributed by atoms with E-state index in [9.17, 15) is 29.8 Å². The topological polar surface area (TPSA) is 187 Å². The summed E-state index contributed by atoms with van der Waals surface area (Å²) in [7, 11) is 4.54. The van der Waals surface area contributed by atoms with E-state index in [1.54, 1.807) is 54.5 Å². The van der Waals surface area contributed by atoms with Gasteiger partial charge in [-0.15, -0.1) is 0 Å². The first-order chi connectivity index (χ1) is 27.5. The molecule has 7 rings (SSSR count). The number of hydrogen-bond donors (Lipinski definition) is 0. The van der Waals surface area contributed by atoms with Gasteiger partial charge in [0, 0.05) is 48.7 Å². The van der Waals surface area contributed by atoms with Crippen molar-refractivity contribution in [1.29, 1.82) is 0 Å². The predicted molar refractivity (Wildman–Crippen MR) is 213 cm³/mol. The molecule has 300 valence electrons. The van der Waals surface area contributed by atoms with Gasteiger partial charge in [0.1, 0.15) is 18.4 Å². The van der Waals surface area contributed by atoms with Crippen molar-refractivity contribution in [3.8, 4) is 39.8 Å². The fourth-order valence-corrected chi connectivity index (χ4v) is 6.82. The van der Waals surface area contributed by atoms with Crippen LogP contribution in [0.25, 0.3) is 22.5 Å². The van der Waals surface area contributed by atoms with Gasteiger partial charge < -0.3 is 19.1 Å². The van der Waals surface area contributed by atoms with Gasteiger partial charge in [0.05, 0.1) is 35.5 Å². The van der Waals surface area contributed by atoms with Crippen molar-refractivity contribution in [1.82, 2.24) is 24.0 Å². The molecule has 2 aliphatic carbocycles. The number of imidazole rings is 2. The van der Waals surface area contributed by atoms with Gasteiger partial charge in [0.25, 0.3) is 0 Å². The van der Waals surface area contributed by atoms with Crippen molar-refractivity contribution in [3.05, 3.63) is 112 Å². The number of nitrogens with zero attached hydrogens (tertiary/aromatic N) is 7. The van der Waals surface area contributed by atoms with Gasteiger partial charge >= 0.3 is 23.5 Å². The van der Waals surface area contributed by atoms with Crippen LogP contribution in [0, 0.1) is 26.1 Å². The van der Waals surface area contributed by atoms with Crippen molar-refractivity contribution < 1.29 is 33.6 Å². The summed E-state index contributed by atoms with van der Waals surface area (Å²) in [6, 6.07) is 17.8. The lowest BCUT2D eigenvalue weighted by Gasteiger charge is -2.23. The molecule has 0 radical (unpaired) electrons. The lowest BCUT2D eigenvalue weighted by molar-refractivity contribution is -0.385. The van der Waals surface area contributed by atoms with Crippen LogP contribution in [-0.2, 0) is 0 Å². The van der Waals surface area contributed by atoms with Gasteiger partial charge in [-0.05, 0) is 55.2 Å². The summed E-state index contributed by atoms with van der Waals surface area (Å²) in [5.41, 5.74) is 1.63. The summed E-state index contributed by atoms with van der Waals surface area (Å²) in [6.45, 7) is 2.30. The molecule has 2 fully saturated rings. The second kappa shape index (κ2) is 19.8. The standard InChI is InChI=1S/C17H20N4O4.C17H13N3O5.C7H14/c1-19(13-5-3-4-6-13)17(22)20-10-14(18-11-20)12-7-8-16(25-2)15(9-12)21(23)24;1-24-16-8-7-12(9-15(16)20(22)23)14-10-19(11-18-14)17(21)25-13-5-3-2-4-6-13;1-2-7-5-3-4-6-7/h7-11,13H,3-6H2,1-2H3;2-11H,1H3;7H,2-6H2,1H3. The molecular weight excluding hydrogens is 734 g/mol. The first kappa shape index (κ1) is 41.6. The molecule has 57 heavy (non-hydrogen) atoms. The van der Waals surface area contributed by atoms with E-state index >= 15 is 0 Å². The van der Waals surface area contributed by atoms with Crippen LogP contribution in [0.4, 0.5) is 21.0 Å². The summed E-state index contributed by atoms with van der Waals surface area (Å²) in [5.74, 6) is 1.84. The zero-order valence-corrected chi connectivity index (χ0v) is 32.5. The lowest BCUT2D eigenvalue weighted by Crippen LogP contribution is -2.37. The smallest absolute Gasteiger partial charge is 0.424 e. The third kappa shape index (κ3) is 10.8. The molecule has 0 bridgehead atoms. The van der Waals surface area contributed by atoms with Crippen LogP contribution < -0.4 is 14.2 Å². The van der Waals surface area contributed by atoms with Gasteiger partial charge in [-0.25, -0.2) is 24.1 Å². The average molecular weight is 782 g/mol. The summed E-state index contributed by atoms with van der Waals surface area (Å²) in [6.07, 6.45) is 16.9. The summed E-state index contributed by atoms with van der Waals surface area (Å²) in [4.78, 5) is 56.0. The van der Waals surface area contributed by atoms with Crippen LogP contribution in [0.15, 0.2) is 91.8 Å². The number of rotatable bonds is 9. The summed E-state index contributed by atoms with van der Waals surface area (Å²) in [5, 5.41) is 22.3. The summed E-state index contributed by atoms with van der Waals surface area (Å²) >= 11 is 0. The molecule has 0 spiro atoms. The molecule has 2 heterocycles. The molecule has 0 saturated heterocycles. The number of amides is 1. The van der Waals surface area contributed by atoms with Crippen LogP contribution in [0.3, 0.4) is 0 Å². The van der Waals surface area contributed by atoms with E-state index in [2.05, 4.69) is 16.9 Å². The van der Waals surface area contributed by atoms with E-state index in [-0.39, 0.29) is 34.9 Å². The van der Waals surface area contributed by atoms with Gasteiger partial charge in [-0.3, -0.25) is 24.8 Å². The Morgan fingerprint density at radius 3 is 1.72 bits per heavy atom. The Kier molecular flexibility index (Phi) is 14.5. The molecule has 0 unspecified atom stereocenters. The SMILES string of the molecule is CCC1CCCC1.COc1ccc(-c2cn(C(=O)N(C)C3CCCC3)cn2)cc1[N+](=O)[O-].COc1ccc(-c2cn(C(=O)Oc3ccccc3)cn2)cc1[N+](=O)[O-]. The predicted octanol–water partition coefficient (Wildman–Crippen LogP) is 9.41. The minimum Gasteiger partial charge on any atom is -0.490 e. The van der Waals surface area contributed by atoms with E-state index in [1.807, 2.05) is 6.07 Å². The molecule has 2 aliphatic rings. The van der Waals surface area contributed by atoms with Crippen molar-refractivity contribution in [3.63, 3.8) is 0 Å². The molecule has 16 nitrogen and oxygen atoms in total. The lowest BCUT2D eigenvalue weighted by atomic mass is 10.1. The number of ether oxygens (including phenoxy) is 3. The number of hydrogen-bond acceptors (Lipinski definition) is 11. The van der Waals surface area contributed by atoms with Gasteiger partial charge in [-0.2, -0.15) is 0 Å². The van der Waals surface area contributed by atoms with Gasteiger partial charge in [0.2, 0.25) is 0 Å². The number of nitro groups is 2. The molecule has 16 heteroatoms. The minimum absolute atomic E-state index is 0.135. The molecule has 2 saturated carbocycles. The number of benzene rings is 3. The van der Waals surface area contributed by atoms with E-state index in [1.165, 1.54) is 98.6 Å². The van der Waals surface area contributed by atoms with Crippen molar-refractivity contribution in [2.24, 2.45) is 5.92 Å². The van der Waals surface area contributed by atoms with E-state index in [0.29, 0.717) is 28.3 Å². The first-order valence-corrected chi connectivity index (χ1v) is 18.8. The Hall–Kier alpha value is -6.58. The van der Waals surface area contributed by atoms with E-state index in [4.69, 9.17) is 14.2 Å². The quantitative estimate of drug-likeness (QED) is 0.102. The highest BCUT2D eigenvalue weighted by atomic mass is 16.6. The maximum atomic E-state index is 12.6. The van der Waals surface area contributed by atoms with Crippen LogP contribution in [0.5, 0.6) is 17.2 Å².